The molecule has 0 saturated heterocycles. The quantitative estimate of drug-likeness (QED) is 0.369. The summed E-state index contributed by atoms with van der Waals surface area (Å²) in [5.74, 6) is 0.900. The summed E-state index contributed by atoms with van der Waals surface area (Å²) < 4.78 is 0. The number of aliphatic imine (C=N–C) groups is 1. The summed E-state index contributed by atoms with van der Waals surface area (Å²) in [5, 5.41) is 9.54. The van der Waals surface area contributed by atoms with E-state index < -0.39 is 0 Å². The Morgan fingerprint density at radius 3 is 2.43 bits per heavy atom. The van der Waals surface area contributed by atoms with Crippen molar-refractivity contribution in [2.45, 2.75) is 46.2 Å². The first kappa shape index (κ1) is 19.7. The van der Waals surface area contributed by atoms with Crippen LogP contribution in [-0.2, 0) is 11.3 Å². The molecular formula is C17H27IN4O. The Bertz CT molecular complexity index is 524. The van der Waals surface area contributed by atoms with E-state index in [1.165, 1.54) is 12.8 Å². The summed E-state index contributed by atoms with van der Waals surface area (Å²) >= 11 is 0. The van der Waals surface area contributed by atoms with E-state index in [-0.39, 0.29) is 35.8 Å². The zero-order chi connectivity index (χ0) is 15.9. The van der Waals surface area contributed by atoms with Gasteiger partial charge in [0, 0.05) is 24.2 Å². The molecule has 1 saturated carbocycles. The minimum absolute atomic E-state index is 0. The van der Waals surface area contributed by atoms with Crippen LogP contribution in [0.4, 0.5) is 5.69 Å². The zero-order valence-electron chi connectivity index (χ0n) is 14.1. The van der Waals surface area contributed by atoms with Gasteiger partial charge in [0.25, 0.3) is 0 Å². The van der Waals surface area contributed by atoms with Gasteiger partial charge in [-0.3, -0.25) is 4.79 Å². The fraction of sp³-hybridized carbons (Fsp3) is 0.529. The van der Waals surface area contributed by atoms with Crippen molar-refractivity contribution in [3.63, 3.8) is 0 Å². The van der Waals surface area contributed by atoms with Crippen molar-refractivity contribution in [2.24, 2.45) is 10.9 Å². The predicted octanol–water partition coefficient (Wildman–Crippen LogP) is 3.12. The summed E-state index contributed by atoms with van der Waals surface area (Å²) in [6, 6.07) is 8.44. The molecule has 0 radical (unpaired) electrons. The van der Waals surface area contributed by atoms with E-state index in [2.05, 4.69) is 27.9 Å². The molecule has 0 atom stereocenters. The van der Waals surface area contributed by atoms with Gasteiger partial charge in [0.05, 0.1) is 6.54 Å². The zero-order valence-corrected chi connectivity index (χ0v) is 16.4. The molecule has 0 aliphatic heterocycles. The molecule has 1 aromatic carbocycles. The molecular weight excluding hydrogens is 403 g/mol. The third kappa shape index (κ3) is 7.20. The fourth-order valence-electron chi connectivity index (χ4n) is 1.89. The van der Waals surface area contributed by atoms with Crippen molar-refractivity contribution in [3.8, 4) is 0 Å². The highest BCUT2D eigenvalue weighted by atomic mass is 127. The van der Waals surface area contributed by atoms with Crippen molar-refractivity contribution < 1.29 is 4.79 Å². The number of carbonyl (C=O) groups excluding carboxylic acids is 1. The minimum Gasteiger partial charge on any atom is -0.357 e. The van der Waals surface area contributed by atoms with E-state index >= 15 is 0 Å². The van der Waals surface area contributed by atoms with E-state index in [1.54, 1.807) is 0 Å². The monoisotopic (exact) mass is 430 g/mol. The summed E-state index contributed by atoms with van der Waals surface area (Å²) in [4.78, 5) is 16.2. The van der Waals surface area contributed by atoms with Crippen molar-refractivity contribution in [1.82, 2.24) is 10.6 Å². The van der Waals surface area contributed by atoms with E-state index in [0.29, 0.717) is 12.6 Å². The molecule has 1 aliphatic carbocycles. The molecule has 0 bridgehead atoms. The normalized spacial score (nSPS) is 14.2. The maximum Gasteiger partial charge on any atom is 0.226 e. The van der Waals surface area contributed by atoms with Crippen LogP contribution in [0.2, 0.25) is 0 Å². The largest absolute Gasteiger partial charge is 0.357 e. The Kier molecular flexibility index (Phi) is 8.36. The van der Waals surface area contributed by atoms with Gasteiger partial charge in [0.2, 0.25) is 5.91 Å². The topological polar surface area (TPSA) is 65.5 Å². The number of benzene rings is 1. The Morgan fingerprint density at radius 2 is 1.91 bits per heavy atom. The van der Waals surface area contributed by atoms with Crippen LogP contribution in [0.15, 0.2) is 29.3 Å². The second-order valence-electron chi connectivity index (χ2n) is 5.95. The lowest BCUT2D eigenvalue weighted by molar-refractivity contribution is -0.118. The third-order valence-electron chi connectivity index (χ3n) is 3.43. The van der Waals surface area contributed by atoms with Gasteiger partial charge in [-0.15, -0.1) is 24.0 Å². The van der Waals surface area contributed by atoms with Crippen molar-refractivity contribution in [1.29, 1.82) is 0 Å². The maximum absolute atomic E-state index is 11.6. The van der Waals surface area contributed by atoms with Crippen LogP contribution in [0.5, 0.6) is 0 Å². The molecule has 5 nitrogen and oxygen atoms in total. The number of guanidine groups is 1. The van der Waals surface area contributed by atoms with E-state index in [4.69, 9.17) is 0 Å². The third-order valence-corrected chi connectivity index (χ3v) is 3.43. The number of nitrogens with one attached hydrogen (secondary N) is 3. The first-order valence-electron chi connectivity index (χ1n) is 8.03. The molecule has 0 spiro atoms. The lowest BCUT2D eigenvalue weighted by atomic mass is 10.2. The number of halogens is 1. The molecule has 2 rings (SSSR count). The average molecular weight is 430 g/mol. The predicted molar refractivity (Wildman–Crippen MR) is 106 cm³/mol. The molecule has 128 valence electrons. The maximum atomic E-state index is 11.6. The molecule has 0 heterocycles. The van der Waals surface area contributed by atoms with Gasteiger partial charge in [-0.2, -0.15) is 0 Å². The second kappa shape index (κ2) is 9.75. The lowest BCUT2D eigenvalue weighted by Gasteiger charge is -2.10. The fourth-order valence-corrected chi connectivity index (χ4v) is 1.89. The van der Waals surface area contributed by atoms with Gasteiger partial charge in [-0.25, -0.2) is 4.99 Å². The summed E-state index contributed by atoms with van der Waals surface area (Å²) in [6.07, 6.45) is 2.46. The van der Waals surface area contributed by atoms with Crippen LogP contribution in [0.1, 0.15) is 39.2 Å². The first-order valence-corrected chi connectivity index (χ1v) is 8.03. The molecule has 1 aromatic rings. The van der Waals surface area contributed by atoms with Crippen LogP contribution in [0, 0.1) is 5.92 Å². The Labute approximate surface area is 155 Å². The molecule has 3 N–H and O–H groups in total. The number of anilines is 1. The van der Waals surface area contributed by atoms with Crippen LogP contribution in [0.25, 0.3) is 0 Å². The highest BCUT2D eigenvalue weighted by molar-refractivity contribution is 14.0. The van der Waals surface area contributed by atoms with Crippen molar-refractivity contribution in [2.75, 3.05) is 11.9 Å². The highest BCUT2D eigenvalue weighted by Gasteiger charge is 2.21. The van der Waals surface area contributed by atoms with E-state index in [1.807, 2.05) is 38.1 Å². The number of hydrogen-bond donors (Lipinski definition) is 3. The van der Waals surface area contributed by atoms with Gasteiger partial charge >= 0.3 is 0 Å². The van der Waals surface area contributed by atoms with E-state index in [9.17, 15) is 4.79 Å². The highest BCUT2D eigenvalue weighted by Crippen LogP contribution is 2.18. The van der Waals surface area contributed by atoms with Gasteiger partial charge in [-0.05, 0) is 37.5 Å². The molecule has 0 unspecified atom stereocenters. The van der Waals surface area contributed by atoms with E-state index in [0.717, 1.165) is 23.8 Å². The van der Waals surface area contributed by atoms with Crippen LogP contribution < -0.4 is 16.0 Å². The van der Waals surface area contributed by atoms with Gasteiger partial charge in [0.1, 0.15) is 0 Å². The van der Waals surface area contributed by atoms with Crippen LogP contribution in [-0.4, -0.2) is 24.5 Å². The minimum atomic E-state index is -0.0135. The molecule has 1 amide bonds. The number of hydrogen-bond acceptors (Lipinski definition) is 2. The van der Waals surface area contributed by atoms with Gasteiger partial charge in [-0.1, -0.05) is 26.0 Å². The molecule has 0 aromatic heterocycles. The Morgan fingerprint density at radius 1 is 1.26 bits per heavy atom. The molecule has 6 heteroatoms. The number of carbonyl (C=O) groups is 1. The number of nitrogens with zero attached hydrogens (tertiary/aromatic N) is 1. The standard InChI is InChI=1S/C17H26N4O.HI/c1-4-18-17(21-15-9-10-15)19-11-13-5-7-14(8-6-13)20-16(22)12(2)3;/h5-8,12,15H,4,9-11H2,1-3H3,(H,20,22)(H2,18,19,21);1H. The van der Waals surface area contributed by atoms with Crippen LogP contribution in [0.3, 0.4) is 0 Å². The Balaban J connectivity index is 0.00000264. The number of rotatable bonds is 6. The van der Waals surface area contributed by atoms with Crippen molar-refractivity contribution >= 4 is 41.5 Å². The van der Waals surface area contributed by atoms with Crippen LogP contribution >= 0.6 is 24.0 Å². The lowest BCUT2D eigenvalue weighted by Crippen LogP contribution is -2.38. The first-order chi connectivity index (χ1) is 10.6. The van der Waals surface area contributed by atoms with Crippen molar-refractivity contribution in [3.05, 3.63) is 29.8 Å². The molecule has 1 aliphatic rings. The summed E-state index contributed by atoms with van der Waals surface area (Å²) in [6.45, 7) is 7.32. The van der Waals surface area contributed by atoms with Gasteiger partial charge < -0.3 is 16.0 Å². The second-order valence-corrected chi connectivity index (χ2v) is 5.95. The summed E-state index contributed by atoms with van der Waals surface area (Å²) in [7, 11) is 0. The van der Waals surface area contributed by atoms with Gasteiger partial charge in [0.15, 0.2) is 5.96 Å². The Hall–Kier alpha value is -1.31. The number of amides is 1. The average Bonchev–Trinajstić information content (AvgIpc) is 3.30. The molecule has 23 heavy (non-hydrogen) atoms. The smallest absolute Gasteiger partial charge is 0.226 e. The summed E-state index contributed by atoms with van der Waals surface area (Å²) in [5.41, 5.74) is 1.95. The SMILES string of the molecule is CCNC(=NCc1ccc(NC(=O)C(C)C)cc1)NC1CC1.I. The molecule has 1 fully saturated rings.